The Morgan fingerprint density at radius 2 is 1.75 bits per heavy atom. The molecule has 2 rings (SSSR count). The first-order valence-corrected chi connectivity index (χ1v) is 6.42. The fraction of sp³-hybridized carbons (Fsp3) is 0.500. The maximum absolute atomic E-state index is 12.8. The molecule has 0 bridgehead atoms. The standard InChI is InChI=1S/C14H16F3NO2/c1-13(12(19)20,18-7-2-3-8-18)10-5-4-6-11(9-10)14(15,16)17/h4-6,9H,2-3,7-8H2,1H3,(H,19,20). The lowest BCUT2D eigenvalue weighted by Crippen LogP contribution is -2.48. The van der Waals surface area contributed by atoms with Gasteiger partial charge >= 0.3 is 12.1 Å². The average molecular weight is 287 g/mol. The summed E-state index contributed by atoms with van der Waals surface area (Å²) in [6, 6.07) is 4.60. The zero-order valence-corrected chi connectivity index (χ0v) is 11.1. The van der Waals surface area contributed by atoms with Crippen LogP contribution in [-0.2, 0) is 16.5 Å². The van der Waals surface area contributed by atoms with Crippen LogP contribution >= 0.6 is 0 Å². The summed E-state index contributed by atoms with van der Waals surface area (Å²) in [5.41, 5.74) is -2.07. The second-order valence-electron chi connectivity index (χ2n) is 5.15. The van der Waals surface area contributed by atoms with Gasteiger partial charge in [0.1, 0.15) is 5.54 Å². The van der Waals surface area contributed by atoms with Crippen LogP contribution in [0.25, 0.3) is 0 Å². The highest BCUT2D eigenvalue weighted by Crippen LogP contribution is 2.36. The van der Waals surface area contributed by atoms with Gasteiger partial charge in [-0.05, 0) is 50.6 Å². The predicted octanol–water partition coefficient (Wildman–Crippen LogP) is 3.10. The Morgan fingerprint density at radius 1 is 1.20 bits per heavy atom. The largest absolute Gasteiger partial charge is 0.480 e. The fourth-order valence-corrected chi connectivity index (χ4v) is 2.60. The molecule has 1 unspecified atom stereocenters. The number of aliphatic carboxylic acids is 1. The van der Waals surface area contributed by atoms with Gasteiger partial charge in [0, 0.05) is 0 Å². The molecule has 0 aliphatic carbocycles. The molecular formula is C14H16F3NO2. The first kappa shape index (κ1) is 14.8. The Kier molecular flexibility index (Phi) is 3.77. The third kappa shape index (κ3) is 2.52. The first-order chi connectivity index (χ1) is 9.26. The minimum atomic E-state index is -4.47. The van der Waals surface area contributed by atoms with Crippen LogP contribution in [-0.4, -0.2) is 29.1 Å². The van der Waals surface area contributed by atoms with Crippen molar-refractivity contribution in [2.45, 2.75) is 31.5 Å². The van der Waals surface area contributed by atoms with Gasteiger partial charge in [-0.25, -0.2) is 4.79 Å². The molecule has 6 heteroatoms. The molecule has 0 spiro atoms. The van der Waals surface area contributed by atoms with E-state index in [2.05, 4.69) is 0 Å². The summed E-state index contributed by atoms with van der Waals surface area (Å²) < 4.78 is 38.3. The summed E-state index contributed by atoms with van der Waals surface area (Å²) in [6.07, 6.45) is -2.75. The molecule has 0 aromatic heterocycles. The van der Waals surface area contributed by atoms with Gasteiger partial charge in [-0.3, -0.25) is 4.90 Å². The van der Waals surface area contributed by atoms with Crippen molar-refractivity contribution in [3.05, 3.63) is 35.4 Å². The summed E-state index contributed by atoms with van der Waals surface area (Å²) >= 11 is 0. The molecule has 1 aromatic rings. The number of alkyl halides is 3. The number of benzene rings is 1. The first-order valence-electron chi connectivity index (χ1n) is 6.42. The summed E-state index contributed by atoms with van der Waals surface area (Å²) in [5.74, 6) is -1.13. The quantitative estimate of drug-likeness (QED) is 0.928. The Hall–Kier alpha value is -1.56. The van der Waals surface area contributed by atoms with Crippen LogP contribution < -0.4 is 0 Å². The number of carbonyl (C=O) groups is 1. The van der Waals surface area contributed by atoms with Gasteiger partial charge < -0.3 is 5.11 Å². The zero-order chi connectivity index (χ0) is 15.0. The van der Waals surface area contributed by atoms with Crippen molar-refractivity contribution in [3.63, 3.8) is 0 Å². The lowest BCUT2D eigenvalue weighted by Gasteiger charge is -2.35. The van der Waals surface area contributed by atoms with E-state index >= 15 is 0 Å². The number of hydrogen-bond acceptors (Lipinski definition) is 2. The van der Waals surface area contributed by atoms with Crippen molar-refractivity contribution < 1.29 is 23.1 Å². The van der Waals surface area contributed by atoms with Crippen LogP contribution in [0.4, 0.5) is 13.2 Å². The summed E-state index contributed by atoms with van der Waals surface area (Å²) in [7, 11) is 0. The Balaban J connectivity index is 2.47. The maximum Gasteiger partial charge on any atom is 0.416 e. The highest BCUT2D eigenvalue weighted by Gasteiger charge is 2.43. The highest BCUT2D eigenvalue weighted by atomic mass is 19.4. The molecule has 1 aromatic carbocycles. The van der Waals surface area contributed by atoms with Crippen molar-refractivity contribution in [3.8, 4) is 0 Å². The third-order valence-electron chi connectivity index (χ3n) is 3.91. The third-order valence-corrected chi connectivity index (χ3v) is 3.91. The van der Waals surface area contributed by atoms with Gasteiger partial charge in [0.25, 0.3) is 0 Å². The van der Waals surface area contributed by atoms with Crippen molar-refractivity contribution >= 4 is 5.97 Å². The number of carboxylic acid groups (broad SMARTS) is 1. The Morgan fingerprint density at radius 3 is 2.25 bits per heavy atom. The van der Waals surface area contributed by atoms with Crippen LogP contribution in [0.15, 0.2) is 24.3 Å². The van der Waals surface area contributed by atoms with Crippen molar-refractivity contribution in [1.82, 2.24) is 4.90 Å². The monoisotopic (exact) mass is 287 g/mol. The average Bonchev–Trinajstić information content (AvgIpc) is 2.91. The molecule has 1 aliphatic rings. The topological polar surface area (TPSA) is 40.5 Å². The molecule has 20 heavy (non-hydrogen) atoms. The second kappa shape index (κ2) is 5.09. The van der Waals surface area contributed by atoms with Crippen LogP contribution in [0, 0.1) is 0 Å². The summed E-state index contributed by atoms with van der Waals surface area (Å²) in [5, 5.41) is 9.52. The van der Waals surface area contributed by atoms with E-state index in [1.54, 1.807) is 4.90 Å². The number of halogens is 3. The molecule has 110 valence electrons. The molecule has 1 saturated heterocycles. The number of hydrogen-bond donors (Lipinski definition) is 1. The SMILES string of the molecule is CC(C(=O)O)(c1cccc(C(F)(F)F)c1)N1CCCC1. The Bertz CT molecular complexity index is 509. The zero-order valence-electron chi connectivity index (χ0n) is 11.1. The number of nitrogens with zero attached hydrogens (tertiary/aromatic N) is 1. The van der Waals surface area contributed by atoms with E-state index in [0.29, 0.717) is 13.1 Å². The van der Waals surface area contributed by atoms with Crippen molar-refractivity contribution in [2.75, 3.05) is 13.1 Å². The minimum Gasteiger partial charge on any atom is -0.480 e. The highest BCUT2D eigenvalue weighted by molar-refractivity contribution is 5.80. The predicted molar refractivity (Wildman–Crippen MR) is 67.2 cm³/mol. The van der Waals surface area contributed by atoms with E-state index in [1.165, 1.54) is 19.1 Å². The molecule has 0 radical (unpaired) electrons. The molecule has 1 heterocycles. The Labute approximate surface area is 115 Å². The van der Waals surface area contributed by atoms with Gasteiger partial charge in [0.2, 0.25) is 0 Å². The van der Waals surface area contributed by atoms with Gasteiger partial charge in [0.05, 0.1) is 5.56 Å². The van der Waals surface area contributed by atoms with Crippen LogP contribution in [0.5, 0.6) is 0 Å². The van der Waals surface area contributed by atoms with E-state index in [0.717, 1.165) is 25.0 Å². The van der Waals surface area contributed by atoms with Crippen LogP contribution in [0.3, 0.4) is 0 Å². The minimum absolute atomic E-state index is 0.168. The van der Waals surface area contributed by atoms with E-state index in [-0.39, 0.29) is 5.56 Å². The smallest absolute Gasteiger partial charge is 0.416 e. The lowest BCUT2D eigenvalue weighted by atomic mass is 9.89. The molecular weight excluding hydrogens is 271 g/mol. The van der Waals surface area contributed by atoms with Crippen LogP contribution in [0.1, 0.15) is 30.9 Å². The van der Waals surface area contributed by atoms with E-state index < -0.39 is 23.2 Å². The van der Waals surface area contributed by atoms with Gasteiger partial charge in [-0.2, -0.15) is 13.2 Å². The molecule has 3 nitrogen and oxygen atoms in total. The fourth-order valence-electron chi connectivity index (χ4n) is 2.60. The number of rotatable bonds is 3. The van der Waals surface area contributed by atoms with E-state index in [9.17, 15) is 23.1 Å². The summed E-state index contributed by atoms with van der Waals surface area (Å²) in [6.45, 7) is 2.63. The molecule has 0 amide bonds. The number of likely N-dealkylation sites (tertiary alicyclic amines) is 1. The van der Waals surface area contributed by atoms with Crippen LogP contribution in [0.2, 0.25) is 0 Å². The molecule has 1 N–H and O–H groups in total. The maximum atomic E-state index is 12.8. The number of carboxylic acids is 1. The molecule has 0 saturated carbocycles. The molecule has 1 fully saturated rings. The van der Waals surface area contributed by atoms with Crippen molar-refractivity contribution in [2.24, 2.45) is 0 Å². The second-order valence-corrected chi connectivity index (χ2v) is 5.15. The van der Waals surface area contributed by atoms with Crippen molar-refractivity contribution in [1.29, 1.82) is 0 Å². The lowest BCUT2D eigenvalue weighted by molar-refractivity contribution is -0.151. The van der Waals surface area contributed by atoms with Gasteiger partial charge in [0.15, 0.2) is 0 Å². The molecule has 1 aliphatic heterocycles. The molecule has 1 atom stereocenters. The normalized spacial score (nSPS) is 19.8. The van der Waals surface area contributed by atoms with E-state index in [4.69, 9.17) is 0 Å². The summed E-state index contributed by atoms with van der Waals surface area (Å²) in [4.78, 5) is 13.4. The van der Waals surface area contributed by atoms with Gasteiger partial charge in [-0.1, -0.05) is 12.1 Å². The van der Waals surface area contributed by atoms with Gasteiger partial charge in [-0.15, -0.1) is 0 Å². The van der Waals surface area contributed by atoms with E-state index in [1.807, 2.05) is 0 Å².